The van der Waals surface area contributed by atoms with Gasteiger partial charge in [0.05, 0.1) is 5.56 Å². The number of piperidine rings is 1. The first-order valence-corrected chi connectivity index (χ1v) is 9.46. The van der Waals surface area contributed by atoms with Gasteiger partial charge in [0.2, 0.25) is 5.91 Å². The average Bonchev–Trinajstić information content (AvgIpc) is 3.06. The van der Waals surface area contributed by atoms with Crippen molar-refractivity contribution in [2.24, 2.45) is 5.92 Å². The second-order valence-electron chi connectivity index (χ2n) is 6.42. The monoisotopic (exact) mass is 409 g/mol. The topological polar surface area (TPSA) is 71.0 Å². The molecule has 0 bridgehead atoms. The van der Waals surface area contributed by atoms with Crippen LogP contribution in [0.5, 0.6) is 0 Å². The Hall–Kier alpha value is -2.51. The molecule has 3 rings (SSSR count). The third-order valence-corrected chi connectivity index (χ3v) is 5.09. The summed E-state index contributed by atoms with van der Waals surface area (Å²) in [5, 5.41) is 3.24. The fourth-order valence-electron chi connectivity index (χ4n) is 2.87. The number of amides is 1. The molecule has 28 heavy (non-hydrogen) atoms. The third kappa shape index (κ3) is 5.50. The summed E-state index contributed by atoms with van der Waals surface area (Å²) in [4.78, 5) is 25.5. The van der Waals surface area contributed by atoms with Crippen LogP contribution in [0.3, 0.4) is 0 Å². The fourth-order valence-corrected chi connectivity index (χ4v) is 3.77. The van der Waals surface area contributed by atoms with E-state index in [1.807, 2.05) is 0 Å². The van der Waals surface area contributed by atoms with Gasteiger partial charge in [-0.05, 0) is 25.9 Å². The second-order valence-corrected chi connectivity index (χ2v) is 7.53. The molecule has 1 fully saturated rings. The molecule has 1 saturated heterocycles. The minimum absolute atomic E-state index is 0.0361. The van der Waals surface area contributed by atoms with Crippen molar-refractivity contribution in [2.45, 2.75) is 32.5 Å². The van der Waals surface area contributed by atoms with Crippen LogP contribution < -0.4 is 5.32 Å². The van der Waals surface area contributed by atoms with Crippen LogP contribution in [0.4, 0.5) is 18.3 Å². The van der Waals surface area contributed by atoms with E-state index in [4.69, 9.17) is 0 Å². The largest absolute Gasteiger partial charge is 0.434 e. The zero-order valence-electron chi connectivity index (χ0n) is 15.1. The lowest BCUT2D eigenvalue weighted by atomic mass is 9.97. The van der Waals surface area contributed by atoms with Crippen LogP contribution in [0.2, 0.25) is 0 Å². The number of carbonyl (C=O) groups excluding carboxylic acids is 1. The van der Waals surface area contributed by atoms with Crippen LogP contribution in [0.15, 0.2) is 18.7 Å². The van der Waals surface area contributed by atoms with Gasteiger partial charge in [-0.2, -0.15) is 13.2 Å². The van der Waals surface area contributed by atoms with Gasteiger partial charge in [-0.15, -0.1) is 11.3 Å². The highest BCUT2D eigenvalue weighted by Gasteiger charge is 2.35. The van der Waals surface area contributed by atoms with E-state index in [1.54, 1.807) is 6.20 Å². The zero-order valence-corrected chi connectivity index (χ0v) is 15.9. The van der Waals surface area contributed by atoms with Gasteiger partial charge >= 0.3 is 6.18 Å². The first kappa shape index (κ1) is 20.2. The number of aromatic nitrogens is 3. The summed E-state index contributed by atoms with van der Waals surface area (Å²) in [6.07, 6.45) is 0.744. The Kier molecular flexibility index (Phi) is 6.26. The van der Waals surface area contributed by atoms with Crippen LogP contribution in [-0.4, -0.2) is 38.8 Å². The summed E-state index contributed by atoms with van der Waals surface area (Å²) in [6, 6.07) is 0. The number of nitrogens with one attached hydrogen (secondary N) is 1. The van der Waals surface area contributed by atoms with E-state index in [1.165, 1.54) is 18.3 Å². The standard InChI is InChI=1S/C18H18F3N5OS/c1-12(27)25-17-23-9-15(28-17)10-26-6-4-13(5-7-26)2-3-14-8-22-11-24-16(14)18(19,20)21/h8-9,11,13H,4-7,10H2,1H3,(H,23,25,27). The molecule has 0 saturated carbocycles. The molecule has 6 nitrogen and oxygen atoms in total. The maximum absolute atomic E-state index is 13.0. The molecular formula is C18H18F3N5OS. The lowest BCUT2D eigenvalue weighted by Gasteiger charge is -2.29. The van der Waals surface area contributed by atoms with Crippen LogP contribution in [0.25, 0.3) is 0 Å². The Bertz CT molecular complexity index is 894. The maximum Gasteiger partial charge on any atom is 0.434 e. The summed E-state index contributed by atoms with van der Waals surface area (Å²) in [5.41, 5.74) is -1.18. The highest BCUT2D eigenvalue weighted by Crippen LogP contribution is 2.29. The summed E-state index contributed by atoms with van der Waals surface area (Å²) < 4.78 is 38.9. The van der Waals surface area contributed by atoms with Gasteiger partial charge < -0.3 is 5.32 Å². The molecule has 148 valence electrons. The first-order valence-electron chi connectivity index (χ1n) is 8.64. The summed E-state index contributed by atoms with van der Waals surface area (Å²) in [5.74, 6) is 5.44. The Labute approximate surface area is 164 Å². The van der Waals surface area contributed by atoms with Crippen molar-refractivity contribution < 1.29 is 18.0 Å². The third-order valence-electron chi connectivity index (χ3n) is 4.20. The van der Waals surface area contributed by atoms with Crippen molar-refractivity contribution in [3.63, 3.8) is 0 Å². The number of alkyl halides is 3. The molecule has 2 aromatic rings. The van der Waals surface area contributed by atoms with Crippen molar-refractivity contribution in [3.8, 4) is 11.8 Å². The number of hydrogen-bond donors (Lipinski definition) is 1. The average molecular weight is 409 g/mol. The maximum atomic E-state index is 13.0. The second kappa shape index (κ2) is 8.67. The molecule has 0 atom stereocenters. The summed E-state index contributed by atoms with van der Waals surface area (Å²) in [6.45, 7) is 3.75. The Balaban J connectivity index is 1.55. The van der Waals surface area contributed by atoms with E-state index in [0.29, 0.717) is 5.13 Å². The molecule has 1 N–H and O–H groups in total. The van der Waals surface area contributed by atoms with E-state index >= 15 is 0 Å². The minimum atomic E-state index is -4.54. The van der Waals surface area contributed by atoms with E-state index in [0.717, 1.165) is 49.9 Å². The van der Waals surface area contributed by atoms with Crippen molar-refractivity contribution >= 4 is 22.4 Å². The number of thiazole rings is 1. The van der Waals surface area contributed by atoms with Gasteiger partial charge in [0.15, 0.2) is 10.8 Å². The number of likely N-dealkylation sites (tertiary alicyclic amines) is 1. The predicted molar refractivity (Wildman–Crippen MR) is 98.3 cm³/mol. The molecule has 1 amide bonds. The molecule has 3 heterocycles. The van der Waals surface area contributed by atoms with Gasteiger partial charge in [0.1, 0.15) is 6.33 Å². The zero-order chi connectivity index (χ0) is 20.1. The number of halogens is 3. The molecule has 0 radical (unpaired) electrons. The smallest absolute Gasteiger partial charge is 0.302 e. The number of nitrogens with zero attached hydrogens (tertiary/aromatic N) is 4. The summed E-state index contributed by atoms with van der Waals surface area (Å²) in [7, 11) is 0. The van der Waals surface area contributed by atoms with Crippen LogP contribution in [-0.2, 0) is 17.5 Å². The molecule has 0 unspecified atom stereocenters. The van der Waals surface area contributed by atoms with Gasteiger partial charge in [0.25, 0.3) is 0 Å². The first-order chi connectivity index (χ1) is 13.3. The minimum Gasteiger partial charge on any atom is -0.302 e. The molecule has 0 aromatic carbocycles. The Morgan fingerprint density at radius 1 is 1.32 bits per heavy atom. The number of hydrogen-bond acceptors (Lipinski definition) is 6. The number of rotatable bonds is 3. The molecule has 0 aliphatic carbocycles. The molecule has 0 spiro atoms. The molecule has 10 heteroatoms. The van der Waals surface area contributed by atoms with E-state index in [9.17, 15) is 18.0 Å². The Morgan fingerprint density at radius 2 is 2.07 bits per heavy atom. The van der Waals surface area contributed by atoms with Gasteiger partial charge in [-0.3, -0.25) is 9.69 Å². The van der Waals surface area contributed by atoms with E-state index in [2.05, 4.69) is 37.0 Å². The Morgan fingerprint density at radius 3 is 2.75 bits per heavy atom. The van der Waals surface area contributed by atoms with Gasteiger partial charge in [-0.1, -0.05) is 11.8 Å². The quantitative estimate of drug-likeness (QED) is 0.789. The van der Waals surface area contributed by atoms with Crippen LogP contribution >= 0.6 is 11.3 Å². The molecule has 2 aromatic heterocycles. The molecular weight excluding hydrogens is 391 g/mol. The normalized spacial score (nSPS) is 15.7. The van der Waals surface area contributed by atoms with E-state index in [-0.39, 0.29) is 17.4 Å². The number of anilines is 1. The van der Waals surface area contributed by atoms with Crippen molar-refractivity contribution in [1.29, 1.82) is 0 Å². The molecule has 1 aliphatic heterocycles. The van der Waals surface area contributed by atoms with Crippen molar-refractivity contribution in [2.75, 3.05) is 18.4 Å². The predicted octanol–water partition coefficient (Wildman–Crippen LogP) is 3.17. The summed E-state index contributed by atoms with van der Waals surface area (Å²) >= 11 is 1.43. The van der Waals surface area contributed by atoms with Gasteiger partial charge in [0, 0.05) is 36.7 Å². The van der Waals surface area contributed by atoms with Crippen molar-refractivity contribution in [1.82, 2.24) is 19.9 Å². The van der Waals surface area contributed by atoms with Crippen molar-refractivity contribution in [3.05, 3.63) is 34.9 Å². The lowest BCUT2D eigenvalue weighted by Crippen LogP contribution is -2.32. The molecule has 1 aliphatic rings. The lowest BCUT2D eigenvalue weighted by molar-refractivity contribution is -0.141. The highest BCUT2D eigenvalue weighted by atomic mass is 32.1. The van der Waals surface area contributed by atoms with E-state index < -0.39 is 11.9 Å². The van der Waals surface area contributed by atoms with Crippen LogP contribution in [0.1, 0.15) is 35.9 Å². The van der Waals surface area contributed by atoms with Gasteiger partial charge in [-0.25, -0.2) is 15.0 Å². The SMILES string of the molecule is CC(=O)Nc1ncc(CN2CCC(C#Cc3cncnc3C(F)(F)F)CC2)s1. The van der Waals surface area contributed by atoms with Crippen LogP contribution in [0, 0.1) is 17.8 Å². The fraction of sp³-hybridized carbons (Fsp3) is 0.444. The number of carbonyl (C=O) groups is 1. The highest BCUT2D eigenvalue weighted by molar-refractivity contribution is 7.15.